The third-order valence-electron chi connectivity index (χ3n) is 2.84. The predicted octanol–water partition coefficient (Wildman–Crippen LogP) is 2.30. The lowest BCUT2D eigenvalue weighted by molar-refractivity contribution is -0.118. The van der Waals surface area contributed by atoms with Gasteiger partial charge in [-0.15, -0.1) is 12.4 Å². The van der Waals surface area contributed by atoms with Gasteiger partial charge in [-0.25, -0.2) is 0 Å². The molecule has 0 bridgehead atoms. The zero-order chi connectivity index (χ0) is 14.6. The van der Waals surface area contributed by atoms with E-state index in [0.717, 1.165) is 5.56 Å². The highest BCUT2D eigenvalue weighted by Crippen LogP contribution is 2.20. The number of anilines is 2. The van der Waals surface area contributed by atoms with Gasteiger partial charge in [0.1, 0.15) is 0 Å². The maximum absolute atomic E-state index is 11.9. The van der Waals surface area contributed by atoms with Gasteiger partial charge in [0.2, 0.25) is 11.8 Å². The molecule has 1 aromatic carbocycles. The van der Waals surface area contributed by atoms with Crippen LogP contribution in [-0.4, -0.2) is 17.9 Å². The lowest BCUT2D eigenvalue weighted by Crippen LogP contribution is -2.39. The van der Waals surface area contributed by atoms with Crippen LogP contribution in [0.1, 0.15) is 26.3 Å². The van der Waals surface area contributed by atoms with Gasteiger partial charge in [-0.05, 0) is 30.5 Å². The van der Waals surface area contributed by atoms with Crippen LogP contribution < -0.4 is 16.4 Å². The molecule has 20 heavy (non-hydrogen) atoms. The van der Waals surface area contributed by atoms with Crippen LogP contribution >= 0.6 is 12.4 Å². The number of rotatable bonds is 4. The maximum atomic E-state index is 11.9. The Labute approximate surface area is 125 Å². The number of amides is 2. The summed E-state index contributed by atoms with van der Waals surface area (Å²) in [6.45, 7) is 7.11. The number of carbonyl (C=O) groups is 2. The fourth-order valence-electron chi connectivity index (χ4n) is 1.56. The summed E-state index contributed by atoms with van der Waals surface area (Å²) in [7, 11) is 0. The van der Waals surface area contributed by atoms with Crippen LogP contribution in [0.25, 0.3) is 0 Å². The monoisotopic (exact) mass is 299 g/mol. The zero-order valence-electron chi connectivity index (χ0n) is 12.2. The maximum Gasteiger partial charge on any atom is 0.241 e. The van der Waals surface area contributed by atoms with Crippen molar-refractivity contribution in [2.45, 2.75) is 33.7 Å². The molecule has 1 atom stereocenters. The molecule has 0 aromatic heterocycles. The Bertz CT molecular complexity index is 489. The Hall–Kier alpha value is -1.59. The number of nitrogens with one attached hydrogen (secondary N) is 2. The van der Waals surface area contributed by atoms with Crippen molar-refractivity contribution in [2.24, 2.45) is 11.7 Å². The highest BCUT2D eigenvalue weighted by Gasteiger charge is 2.17. The number of aryl methyl sites for hydroxylation is 1. The summed E-state index contributed by atoms with van der Waals surface area (Å²) in [5.41, 5.74) is 8.01. The van der Waals surface area contributed by atoms with E-state index >= 15 is 0 Å². The topological polar surface area (TPSA) is 84.2 Å². The molecule has 2 amide bonds. The van der Waals surface area contributed by atoms with Crippen molar-refractivity contribution in [1.29, 1.82) is 0 Å². The number of carbonyl (C=O) groups excluding carboxylic acids is 2. The van der Waals surface area contributed by atoms with E-state index in [-0.39, 0.29) is 30.1 Å². The average molecular weight is 300 g/mol. The molecule has 0 saturated heterocycles. The summed E-state index contributed by atoms with van der Waals surface area (Å²) < 4.78 is 0. The van der Waals surface area contributed by atoms with E-state index in [4.69, 9.17) is 5.73 Å². The standard InChI is InChI=1S/C14H21N3O2.ClH/c1-8(2)13(15)14(19)17-12-7-11(16-10(4)18)6-5-9(12)3;/h5-8,13H,15H2,1-4H3,(H,16,18)(H,17,19);1H. The van der Waals surface area contributed by atoms with Gasteiger partial charge in [0.25, 0.3) is 0 Å². The van der Waals surface area contributed by atoms with Gasteiger partial charge in [-0.2, -0.15) is 0 Å². The van der Waals surface area contributed by atoms with Crippen molar-refractivity contribution in [3.63, 3.8) is 0 Å². The van der Waals surface area contributed by atoms with Crippen molar-refractivity contribution < 1.29 is 9.59 Å². The summed E-state index contributed by atoms with van der Waals surface area (Å²) in [4.78, 5) is 22.9. The fraction of sp³-hybridized carbons (Fsp3) is 0.429. The Morgan fingerprint density at radius 1 is 1.20 bits per heavy atom. The second-order valence-electron chi connectivity index (χ2n) is 4.97. The van der Waals surface area contributed by atoms with Gasteiger partial charge in [0.15, 0.2) is 0 Å². The summed E-state index contributed by atoms with van der Waals surface area (Å²) in [6.07, 6.45) is 0. The first-order chi connectivity index (χ1) is 8.81. The van der Waals surface area contributed by atoms with Crippen molar-refractivity contribution >= 4 is 35.6 Å². The summed E-state index contributed by atoms with van der Waals surface area (Å²) in [6, 6.07) is 4.79. The molecule has 4 N–H and O–H groups in total. The van der Waals surface area contributed by atoms with Crippen LogP contribution in [0.2, 0.25) is 0 Å². The molecule has 0 radical (unpaired) electrons. The van der Waals surface area contributed by atoms with Crippen LogP contribution in [0.3, 0.4) is 0 Å². The van der Waals surface area contributed by atoms with Gasteiger partial charge in [-0.1, -0.05) is 19.9 Å². The molecule has 1 unspecified atom stereocenters. The third-order valence-corrected chi connectivity index (χ3v) is 2.84. The Balaban J connectivity index is 0.00000361. The molecule has 0 spiro atoms. The van der Waals surface area contributed by atoms with E-state index < -0.39 is 6.04 Å². The third kappa shape index (κ3) is 5.19. The minimum absolute atomic E-state index is 0. The van der Waals surface area contributed by atoms with Crippen LogP contribution in [0.5, 0.6) is 0 Å². The molecular formula is C14H22ClN3O2. The van der Waals surface area contributed by atoms with E-state index in [1.807, 2.05) is 26.8 Å². The molecule has 1 aromatic rings. The van der Waals surface area contributed by atoms with E-state index in [9.17, 15) is 9.59 Å². The lowest BCUT2D eigenvalue weighted by atomic mass is 10.0. The number of nitrogens with two attached hydrogens (primary N) is 1. The molecule has 0 fully saturated rings. The summed E-state index contributed by atoms with van der Waals surface area (Å²) in [5.74, 6) is -0.308. The largest absolute Gasteiger partial charge is 0.326 e. The van der Waals surface area contributed by atoms with Crippen molar-refractivity contribution in [3.8, 4) is 0 Å². The van der Waals surface area contributed by atoms with Crippen molar-refractivity contribution in [1.82, 2.24) is 0 Å². The van der Waals surface area contributed by atoms with Crippen molar-refractivity contribution in [2.75, 3.05) is 10.6 Å². The minimum Gasteiger partial charge on any atom is -0.326 e. The normalized spacial score (nSPS) is 11.5. The smallest absolute Gasteiger partial charge is 0.241 e. The molecule has 0 saturated carbocycles. The summed E-state index contributed by atoms with van der Waals surface area (Å²) in [5, 5.41) is 5.47. The number of hydrogen-bond acceptors (Lipinski definition) is 3. The summed E-state index contributed by atoms with van der Waals surface area (Å²) >= 11 is 0. The van der Waals surface area contributed by atoms with Crippen molar-refractivity contribution in [3.05, 3.63) is 23.8 Å². The quantitative estimate of drug-likeness (QED) is 0.797. The molecular weight excluding hydrogens is 278 g/mol. The first kappa shape index (κ1) is 18.4. The SMILES string of the molecule is CC(=O)Nc1ccc(C)c(NC(=O)C(N)C(C)C)c1.Cl. The Kier molecular flexibility index (Phi) is 7.24. The van der Waals surface area contributed by atoms with Crippen LogP contribution in [-0.2, 0) is 9.59 Å². The van der Waals surface area contributed by atoms with Crippen LogP contribution in [0, 0.1) is 12.8 Å². The van der Waals surface area contributed by atoms with Gasteiger partial charge in [0, 0.05) is 18.3 Å². The van der Waals surface area contributed by atoms with Gasteiger partial charge in [0.05, 0.1) is 6.04 Å². The van der Waals surface area contributed by atoms with E-state index in [0.29, 0.717) is 11.4 Å². The molecule has 0 aliphatic carbocycles. The number of halogens is 1. The van der Waals surface area contributed by atoms with E-state index in [1.165, 1.54) is 6.92 Å². The highest BCUT2D eigenvalue weighted by atomic mass is 35.5. The second kappa shape index (κ2) is 7.87. The van der Waals surface area contributed by atoms with E-state index in [1.54, 1.807) is 12.1 Å². The fourth-order valence-corrected chi connectivity index (χ4v) is 1.56. The molecule has 1 rings (SSSR count). The highest BCUT2D eigenvalue weighted by molar-refractivity contribution is 5.96. The Morgan fingerprint density at radius 2 is 1.80 bits per heavy atom. The van der Waals surface area contributed by atoms with Crippen LogP contribution in [0.15, 0.2) is 18.2 Å². The molecule has 0 heterocycles. The molecule has 6 heteroatoms. The minimum atomic E-state index is -0.552. The molecule has 0 aliphatic rings. The number of benzene rings is 1. The van der Waals surface area contributed by atoms with E-state index in [2.05, 4.69) is 10.6 Å². The predicted molar refractivity (Wildman–Crippen MR) is 84.2 cm³/mol. The first-order valence-electron chi connectivity index (χ1n) is 6.26. The molecule has 5 nitrogen and oxygen atoms in total. The van der Waals surface area contributed by atoms with Gasteiger partial charge < -0.3 is 16.4 Å². The molecule has 0 aliphatic heterocycles. The van der Waals surface area contributed by atoms with Gasteiger partial charge in [-0.3, -0.25) is 9.59 Å². The lowest BCUT2D eigenvalue weighted by Gasteiger charge is -2.17. The zero-order valence-corrected chi connectivity index (χ0v) is 13.0. The second-order valence-corrected chi connectivity index (χ2v) is 4.97. The van der Waals surface area contributed by atoms with Crippen LogP contribution in [0.4, 0.5) is 11.4 Å². The Morgan fingerprint density at radius 3 is 2.30 bits per heavy atom. The van der Waals surface area contributed by atoms with Gasteiger partial charge >= 0.3 is 0 Å². The first-order valence-corrected chi connectivity index (χ1v) is 6.26. The number of hydrogen-bond donors (Lipinski definition) is 3. The average Bonchev–Trinajstić information content (AvgIpc) is 2.31. The molecule has 112 valence electrons.